The normalized spacial score (nSPS) is 13.2. The summed E-state index contributed by atoms with van der Waals surface area (Å²) in [4.78, 5) is 12.1. The number of hydrogen-bond donors (Lipinski definition) is 2. The maximum absolute atomic E-state index is 11.3. The van der Waals surface area contributed by atoms with Crippen LogP contribution < -0.4 is 5.32 Å². The molecule has 0 spiro atoms. The lowest BCUT2D eigenvalue weighted by molar-refractivity contribution is 0.0493. The van der Waals surface area contributed by atoms with E-state index >= 15 is 0 Å². The van der Waals surface area contributed by atoms with Gasteiger partial charge in [0.1, 0.15) is 11.7 Å². The number of halogens is 1. The van der Waals surface area contributed by atoms with Gasteiger partial charge < -0.3 is 15.2 Å². The topological polar surface area (TPSA) is 58.6 Å². The molecule has 1 atom stereocenters. The standard InChI is InChI=1S/C11H16BrNO3S/c1-11(2,3)16-10(15)13-5-8(14)9-4-7(12)6-17-9/h4,6,8,14H,5H2,1-3H3,(H,13,15). The summed E-state index contributed by atoms with van der Waals surface area (Å²) >= 11 is 4.74. The van der Waals surface area contributed by atoms with Crippen molar-refractivity contribution in [2.75, 3.05) is 6.54 Å². The van der Waals surface area contributed by atoms with Gasteiger partial charge in [-0.1, -0.05) is 0 Å². The number of hydrogen-bond acceptors (Lipinski definition) is 4. The fraction of sp³-hybridized carbons (Fsp3) is 0.545. The molecule has 96 valence electrons. The van der Waals surface area contributed by atoms with Crippen LogP contribution in [-0.4, -0.2) is 23.3 Å². The predicted molar refractivity (Wildman–Crippen MR) is 71.2 cm³/mol. The zero-order valence-electron chi connectivity index (χ0n) is 9.99. The minimum absolute atomic E-state index is 0.141. The molecule has 1 aromatic heterocycles. The van der Waals surface area contributed by atoms with Crippen molar-refractivity contribution in [3.8, 4) is 0 Å². The molecule has 0 saturated heterocycles. The van der Waals surface area contributed by atoms with Crippen LogP contribution in [0.1, 0.15) is 31.8 Å². The van der Waals surface area contributed by atoms with E-state index in [4.69, 9.17) is 4.74 Å². The summed E-state index contributed by atoms with van der Waals surface area (Å²) in [5, 5.41) is 14.2. The Hall–Kier alpha value is -0.590. The molecule has 1 rings (SSSR count). The van der Waals surface area contributed by atoms with Crippen molar-refractivity contribution in [2.45, 2.75) is 32.5 Å². The fourth-order valence-electron chi connectivity index (χ4n) is 1.10. The molecule has 0 aliphatic carbocycles. The number of carbonyl (C=O) groups excluding carboxylic acids is 1. The second-order valence-electron chi connectivity index (χ2n) is 4.57. The fourth-order valence-corrected chi connectivity index (χ4v) is 2.53. The van der Waals surface area contributed by atoms with Gasteiger partial charge in [0, 0.05) is 14.7 Å². The molecule has 1 unspecified atom stereocenters. The van der Waals surface area contributed by atoms with Crippen LogP contribution in [-0.2, 0) is 4.74 Å². The predicted octanol–water partition coefficient (Wildman–Crippen LogP) is 3.07. The number of rotatable bonds is 3. The smallest absolute Gasteiger partial charge is 0.407 e. The molecule has 6 heteroatoms. The van der Waals surface area contributed by atoms with E-state index in [1.54, 1.807) is 20.8 Å². The van der Waals surface area contributed by atoms with Crippen molar-refractivity contribution in [3.63, 3.8) is 0 Å². The van der Waals surface area contributed by atoms with Gasteiger partial charge in [-0.2, -0.15) is 0 Å². The number of aliphatic hydroxyl groups is 1. The molecule has 0 radical (unpaired) electrons. The van der Waals surface area contributed by atoms with Gasteiger partial charge in [-0.3, -0.25) is 0 Å². The lowest BCUT2D eigenvalue weighted by atomic mass is 10.2. The van der Waals surface area contributed by atoms with E-state index in [2.05, 4.69) is 21.2 Å². The molecule has 0 bridgehead atoms. The van der Waals surface area contributed by atoms with Crippen molar-refractivity contribution in [2.24, 2.45) is 0 Å². The van der Waals surface area contributed by atoms with Gasteiger partial charge in [0.2, 0.25) is 0 Å². The summed E-state index contributed by atoms with van der Waals surface area (Å²) in [6, 6.07) is 1.83. The van der Waals surface area contributed by atoms with Gasteiger partial charge in [-0.25, -0.2) is 4.79 Å². The first kappa shape index (κ1) is 14.5. The molecule has 0 aliphatic rings. The Bertz CT molecular complexity index is 386. The summed E-state index contributed by atoms with van der Waals surface area (Å²) in [5.74, 6) is 0. The molecular weight excluding hydrogens is 306 g/mol. The number of carbonyl (C=O) groups is 1. The Morgan fingerprint density at radius 1 is 1.65 bits per heavy atom. The number of nitrogens with one attached hydrogen (secondary N) is 1. The highest BCUT2D eigenvalue weighted by molar-refractivity contribution is 9.10. The third-order valence-corrected chi connectivity index (χ3v) is 3.55. The average molecular weight is 322 g/mol. The zero-order valence-corrected chi connectivity index (χ0v) is 12.4. The maximum Gasteiger partial charge on any atom is 0.407 e. The maximum atomic E-state index is 11.3. The number of amides is 1. The largest absolute Gasteiger partial charge is 0.444 e. The van der Waals surface area contributed by atoms with Gasteiger partial charge >= 0.3 is 6.09 Å². The molecule has 0 saturated carbocycles. The van der Waals surface area contributed by atoms with Crippen LogP contribution in [0.2, 0.25) is 0 Å². The minimum atomic E-state index is -0.709. The second kappa shape index (κ2) is 5.84. The molecule has 0 aromatic carbocycles. The number of aliphatic hydroxyl groups excluding tert-OH is 1. The van der Waals surface area contributed by atoms with Crippen molar-refractivity contribution < 1.29 is 14.6 Å². The molecule has 4 nitrogen and oxygen atoms in total. The van der Waals surface area contributed by atoms with E-state index in [1.807, 2.05) is 11.4 Å². The summed E-state index contributed by atoms with van der Waals surface area (Å²) < 4.78 is 5.99. The van der Waals surface area contributed by atoms with E-state index < -0.39 is 17.8 Å². The van der Waals surface area contributed by atoms with E-state index in [-0.39, 0.29) is 6.54 Å². The Morgan fingerprint density at radius 2 is 2.29 bits per heavy atom. The van der Waals surface area contributed by atoms with Gasteiger partial charge in [0.25, 0.3) is 0 Å². The lowest BCUT2D eigenvalue weighted by Crippen LogP contribution is -2.34. The first-order valence-corrected chi connectivity index (χ1v) is 6.84. The highest BCUT2D eigenvalue weighted by Gasteiger charge is 2.17. The van der Waals surface area contributed by atoms with Crippen LogP contribution in [0.15, 0.2) is 15.9 Å². The summed E-state index contributed by atoms with van der Waals surface area (Å²) in [6.45, 7) is 5.51. The van der Waals surface area contributed by atoms with Crippen molar-refractivity contribution in [1.82, 2.24) is 5.32 Å². The van der Waals surface area contributed by atoms with Crippen molar-refractivity contribution in [3.05, 3.63) is 20.8 Å². The molecule has 1 amide bonds. The van der Waals surface area contributed by atoms with Gasteiger partial charge in [-0.15, -0.1) is 11.3 Å². The quantitative estimate of drug-likeness (QED) is 0.899. The lowest BCUT2D eigenvalue weighted by Gasteiger charge is -2.20. The number of ether oxygens (including phenoxy) is 1. The minimum Gasteiger partial charge on any atom is -0.444 e. The molecule has 0 fully saturated rings. The van der Waals surface area contributed by atoms with E-state index in [0.717, 1.165) is 9.35 Å². The first-order valence-electron chi connectivity index (χ1n) is 5.17. The van der Waals surface area contributed by atoms with Crippen LogP contribution >= 0.6 is 27.3 Å². The number of alkyl carbamates (subject to hydrolysis) is 1. The van der Waals surface area contributed by atoms with E-state index in [0.29, 0.717) is 0 Å². The van der Waals surface area contributed by atoms with Crippen molar-refractivity contribution in [1.29, 1.82) is 0 Å². The van der Waals surface area contributed by atoms with Crippen LogP contribution in [0.5, 0.6) is 0 Å². The average Bonchev–Trinajstić information content (AvgIpc) is 2.58. The highest BCUT2D eigenvalue weighted by Crippen LogP contribution is 2.25. The van der Waals surface area contributed by atoms with Crippen LogP contribution in [0.25, 0.3) is 0 Å². The molecule has 17 heavy (non-hydrogen) atoms. The van der Waals surface area contributed by atoms with E-state index in [9.17, 15) is 9.90 Å². The molecule has 0 aliphatic heterocycles. The SMILES string of the molecule is CC(C)(C)OC(=O)NCC(O)c1cc(Br)cs1. The molecule has 1 aromatic rings. The van der Waals surface area contributed by atoms with Crippen LogP contribution in [0.3, 0.4) is 0 Å². The third-order valence-electron chi connectivity index (χ3n) is 1.75. The van der Waals surface area contributed by atoms with Crippen LogP contribution in [0.4, 0.5) is 4.79 Å². The third kappa shape index (κ3) is 5.52. The summed E-state index contributed by atoms with van der Waals surface area (Å²) in [7, 11) is 0. The molecular formula is C11H16BrNO3S. The van der Waals surface area contributed by atoms with Crippen LogP contribution in [0, 0.1) is 0 Å². The first-order chi connectivity index (χ1) is 7.78. The summed E-state index contributed by atoms with van der Waals surface area (Å²) in [5.41, 5.74) is -0.527. The Labute approximate surface area is 113 Å². The Kier molecular flexibility index (Phi) is 4.97. The molecule has 2 N–H and O–H groups in total. The van der Waals surface area contributed by atoms with E-state index in [1.165, 1.54) is 11.3 Å². The zero-order chi connectivity index (χ0) is 13.1. The summed E-state index contributed by atoms with van der Waals surface area (Å²) in [6.07, 6.45) is -1.23. The highest BCUT2D eigenvalue weighted by atomic mass is 79.9. The Morgan fingerprint density at radius 3 is 2.76 bits per heavy atom. The monoisotopic (exact) mass is 321 g/mol. The van der Waals surface area contributed by atoms with Crippen molar-refractivity contribution >= 4 is 33.4 Å². The number of thiophene rings is 1. The second-order valence-corrected chi connectivity index (χ2v) is 6.42. The van der Waals surface area contributed by atoms with Gasteiger partial charge in [0.15, 0.2) is 0 Å². The van der Waals surface area contributed by atoms with Gasteiger partial charge in [-0.05, 0) is 42.8 Å². The Balaban J connectivity index is 2.38. The van der Waals surface area contributed by atoms with Gasteiger partial charge in [0.05, 0.1) is 6.54 Å². The molecule has 1 heterocycles.